The molecule has 1 heterocycles. The van der Waals surface area contributed by atoms with E-state index >= 15 is 0 Å². The van der Waals surface area contributed by atoms with Crippen LogP contribution in [0.15, 0.2) is 42.5 Å². The van der Waals surface area contributed by atoms with Gasteiger partial charge < -0.3 is 15.0 Å². The molecule has 1 unspecified atom stereocenters. The minimum atomic E-state index is 0.0547. The quantitative estimate of drug-likeness (QED) is 0.737. The van der Waals surface area contributed by atoms with Crippen LogP contribution in [0.2, 0.25) is 5.02 Å². The van der Waals surface area contributed by atoms with Gasteiger partial charge >= 0.3 is 0 Å². The van der Waals surface area contributed by atoms with Gasteiger partial charge in [0.15, 0.2) is 0 Å². The highest BCUT2D eigenvalue weighted by Gasteiger charge is 2.24. The van der Waals surface area contributed by atoms with E-state index in [1.54, 1.807) is 0 Å². The average molecular weight is 401 g/mol. The molecular weight excluding hydrogens is 372 g/mol. The van der Waals surface area contributed by atoms with E-state index in [1.807, 2.05) is 50.2 Å². The molecule has 1 atom stereocenters. The van der Waals surface area contributed by atoms with Gasteiger partial charge in [0.2, 0.25) is 5.91 Å². The summed E-state index contributed by atoms with van der Waals surface area (Å²) in [6, 6.07) is 13.8. The minimum absolute atomic E-state index is 0.0547. The fourth-order valence-corrected chi connectivity index (χ4v) is 3.81. The van der Waals surface area contributed by atoms with Crippen molar-refractivity contribution < 1.29 is 9.53 Å². The number of nitrogens with zero attached hydrogens (tertiary/aromatic N) is 1. The SMILES string of the molecule is Cc1ccc(Cl)cc1N1CCC(CNC(=O)Cc2cccc(OC(C)C)c2)C1. The van der Waals surface area contributed by atoms with Gasteiger partial charge in [0.1, 0.15) is 5.75 Å². The maximum absolute atomic E-state index is 12.4. The van der Waals surface area contributed by atoms with Crippen molar-refractivity contribution in [3.8, 4) is 5.75 Å². The molecule has 1 amide bonds. The van der Waals surface area contributed by atoms with E-state index in [0.717, 1.165) is 35.8 Å². The van der Waals surface area contributed by atoms with E-state index in [1.165, 1.54) is 11.3 Å². The van der Waals surface area contributed by atoms with E-state index in [-0.39, 0.29) is 12.0 Å². The van der Waals surface area contributed by atoms with Crippen molar-refractivity contribution in [2.45, 2.75) is 39.7 Å². The maximum atomic E-state index is 12.4. The van der Waals surface area contributed by atoms with E-state index in [9.17, 15) is 4.79 Å². The number of halogens is 1. The Morgan fingerprint density at radius 1 is 1.29 bits per heavy atom. The summed E-state index contributed by atoms with van der Waals surface area (Å²) in [5.41, 5.74) is 3.40. The molecule has 0 spiro atoms. The van der Waals surface area contributed by atoms with Crippen LogP contribution in [-0.4, -0.2) is 31.6 Å². The molecule has 0 aliphatic carbocycles. The minimum Gasteiger partial charge on any atom is -0.491 e. The number of hydrogen-bond donors (Lipinski definition) is 1. The maximum Gasteiger partial charge on any atom is 0.224 e. The zero-order valence-corrected chi connectivity index (χ0v) is 17.6. The first-order chi connectivity index (χ1) is 13.4. The number of hydrogen-bond acceptors (Lipinski definition) is 3. The molecule has 4 nitrogen and oxygen atoms in total. The van der Waals surface area contributed by atoms with Crippen LogP contribution in [0.3, 0.4) is 0 Å². The summed E-state index contributed by atoms with van der Waals surface area (Å²) in [6.07, 6.45) is 1.57. The van der Waals surface area contributed by atoms with Crippen LogP contribution >= 0.6 is 11.6 Å². The molecule has 1 aliphatic rings. The normalized spacial score (nSPS) is 16.5. The Balaban J connectivity index is 1.48. The van der Waals surface area contributed by atoms with Crippen LogP contribution in [0.4, 0.5) is 5.69 Å². The summed E-state index contributed by atoms with van der Waals surface area (Å²) in [4.78, 5) is 14.7. The summed E-state index contributed by atoms with van der Waals surface area (Å²) in [5.74, 6) is 1.32. The first-order valence-electron chi connectivity index (χ1n) is 9.94. The Morgan fingerprint density at radius 2 is 2.11 bits per heavy atom. The number of carbonyl (C=O) groups is 1. The molecule has 1 aliphatic heterocycles. The standard InChI is InChI=1S/C23H29ClN2O2/c1-16(2)28-21-6-4-5-18(11-21)12-23(27)25-14-19-9-10-26(15-19)22-13-20(24)8-7-17(22)3/h4-8,11,13,16,19H,9-10,12,14-15H2,1-3H3,(H,25,27). The Hall–Kier alpha value is -2.20. The van der Waals surface area contributed by atoms with Gasteiger partial charge in [-0.05, 0) is 68.5 Å². The van der Waals surface area contributed by atoms with Gasteiger partial charge in [-0.25, -0.2) is 0 Å². The van der Waals surface area contributed by atoms with Gasteiger partial charge in [0.05, 0.1) is 12.5 Å². The van der Waals surface area contributed by atoms with Crippen molar-refractivity contribution in [3.05, 3.63) is 58.6 Å². The smallest absolute Gasteiger partial charge is 0.224 e. The number of ether oxygens (including phenoxy) is 1. The largest absolute Gasteiger partial charge is 0.491 e. The van der Waals surface area contributed by atoms with Crippen LogP contribution in [0.5, 0.6) is 5.75 Å². The van der Waals surface area contributed by atoms with Gasteiger partial charge in [-0.3, -0.25) is 4.79 Å². The Morgan fingerprint density at radius 3 is 2.89 bits per heavy atom. The number of benzene rings is 2. The van der Waals surface area contributed by atoms with Gasteiger partial charge in [0, 0.05) is 30.3 Å². The van der Waals surface area contributed by atoms with E-state index in [2.05, 4.69) is 23.2 Å². The zero-order chi connectivity index (χ0) is 20.1. The number of anilines is 1. The highest BCUT2D eigenvalue weighted by atomic mass is 35.5. The van der Waals surface area contributed by atoms with Crippen LogP contribution in [0, 0.1) is 12.8 Å². The molecule has 3 rings (SSSR count). The van der Waals surface area contributed by atoms with Crippen molar-refractivity contribution in [2.24, 2.45) is 5.92 Å². The third-order valence-electron chi connectivity index (χ3n) is 5.02. The number of rotatable bonds is 7. The molecule has 0 saturated carbocycles. The van der Waals surface area contributed by atoms with Crippen molar-refractivity contribution >= 4 is 23.2 Å². The fraction of sp³-hybridized carbons (Fsp3) is 0.435. The van der Waals surface area contributed by atoms with Gasteiger partial charge in [-0.1, -0.05) is 29.8 Å². The summed E-state index contributed by atoms with van der Waals surface area (Å²) >= 11 is 6.16. The van der Waals surface area contributed by atoms with E-state index in [0.29, 0.717) is 18.9 Å². The summed E-state index contributed by atoms with van der Waals surface area (Å²) in [6.45, 7) is 8.74. The monoisotopic (exact) mass is 400 g/mol. The molecule has 0 bridgehead atoms. The van der Waals surface area contributed by atoms with Gasteiger partial charge in [-0.2, -0.15) is 0 Å². The molecule has 1 fully saturated rings. The molecule has 1 saturated heterocycles. The number of carbonyl (C=O) groups excluding carboxylic acids is 1. The topological polar surface area (TPSA) is 41.6 Å². The Kier molecular flexibility index (Phi) is 6.84. The van der Waals surface area contributed by atoms with Crippen molar-refractivity contribution in [1.82, 2.24) is 5.32 Å². The third-order valence-corrected chi connectivity index (χ3v) is 5.26. The van der Waals surface area contributed by atoms with Gasteiger partial charge in [0.25, 0.3) is 0 Å². The number of aryl methyl sites for hydroxylation is 1. The molecule has 1 N–H and O–H groups in total. The second-order valence-electron chi connectivity index (χ2n) is 7.83. The molecule has 150 valence electrons. The van der Waals surface area contributed by atoms with E-state index in [4.69, 9.17) is 16.3 Å². The molecule has 0 radical (unpaired) electrons. The lowest BCUT2D eigenvalue weighted by molar-refractivity contribution is -0.120. The fourth-order valence-electron chi connectivity index (χ4n) is 3.65. The lowest BCUT2D eigenvalue weighted by Gasteiger charge is -2.21. The van der Waals surface area contributed by atoms with E-state index < -0.39 is 0 Å². The van der Waals surface area contributed by atoms with Gasteiger partial charge in [-0.15, -0.1) is 0 Å². The van der Waals surface area contributed by atoms with Crippen molar-refractivity contribution in [3.63, 3.8) is 0 Å². The predicted octanol–water partition coefficient (Wildman–Crippen LogP) is 4.62. The van der Waals surface area contributed by atoms with Crippen molar-refractivity contribution in [2.75, 3.05) is 24.5 Å². The number of amides is 1. The molecule has 28 heavy (non-hydrogen) atoms. The predicted molar refractivity (Wildman–Crippen MR) is 115 cm³/mol. The van der Waals surface area contributed by atoms with Crippen LogP contribution in [0.1, 0.15) is 31.4 Å². The van der Waals surface area contributed by atoms with Crippen LogP contribution in [-0.2, 0) is 11.2 Å². The highest BCUT2D eigenvalue weighted by molar-refractivity contribution is 6.30. The van der Waals surface area contributed by atoms with Crippen LogP contribution in [0.25, 0.3) is 0 Å². The zero-order valence-electron chi connectivity index (χ0n) is 16.9. The first kappa shape index (κ1) is 20.5. The molecule has 2 aromatic carbocycles. The average Bonchev–Trinajstić information content (AvgIpc) is 3.10. The molecular formula is C23H29ClN2O2. The highest BCUT2D eigenvalue weighted by Crippen LogP contribution is 2.29. The summed E-state index contributed by atoms with van der Waals surface area (Å²) < 4.78 is 5.70. The third kappa shape index (κ3) is 5.65. The second kappa shape index (κ2) is 9.33. The Bertz CT molecular complexity index is 822. The van der Waals surface area contributed by atoms with Crippen molar-refractivity contribution in [1.29, 1.82) is 0 Å². The summed E-state index contributed by atoms with van der Waals surface area (Å²) in [7, 11) is 0. The lowest BCUT2D eigenvalue weighted by Crippen LogP contribution is -2.32. The Labute approximate surface area is 172 Å². The summed E-state index contributed by atoms with van der Waals surface area (Å²) in [5, 5.41) is 3.86. The molecule has 2 aromatic rings. The molecule has 0 aromatic heterocycles. The second-order valence-corrected chi connectivity index (χ2v) is 8.26. The lowest BCUT2D eigenvalue weighted by atomic mass is 10.1. The first-order valence-corrected chi connectivity index (χ1v) is 10.3. The van der Waals surface area contributed by atoms with Crippen LogP contribution < -0.4 is 15.0 Å². The number of nitrogens with one attached hydrogen (secondary N) is 1. The molecule has 5 heteroatoms.